The van der Waals surface area contributed by atoms with E-state index in [9.17, 15) is 4.79 Å². The van der Waals surface area contributed by atoms with Crippen LogP contribution in [0.4, 0.5) is 5.69 Å². The number of amides is 1. The molecule has 1 atom stereocenters. The molecular weight excluding hydrogens is 340 g/mol. The number of nitrogens with zero attached hydrogens (tertiary/aromatic N) is 6. The largest absolute Gasteiger partial charge is 0.365 e. The molecule has 1 aromatic heterocycles. The molecule has 1 aliphatic heterocycles. The van der Waals surface area contributed by atoms with Crippen molar-refractivity contribution in [1.82, 2.24) is 24.6 Å². The zero-order valence-corrected chi connectivity index (χ0v) is 16.8. The number of carbonyl (C=O) groups is 1. The number of rotatable bonds is 6. The number of likely N-dealkylation sites (tertiary alicyclic amines) is 1. The van der Waals surface area contributed by atoms with E-state index in [1.165, 1.54) is 0 Å². The number of carbonyl (C=O) groups excluding carboxylic acids is 1. The van der Waals surface area contributed by atoms with E-state index in [-0.39, 0.29) is 11.8 Å². The monoisotopic (exact) mass is 370 g/mol. The van der Waals surface area contributed by atoms with Gasteiger partial charge in [-0.25, -0.2) is 0 Å². The van der Waals surface area contributed by atoms with E-state index in [0.29, 0.717) is 6.54 Å². The van der Waals surface area contributed by atoms with Gasteiger partial charge in [0, 0.05) is 38.8 Å². The Labute approximate surface area is 161 Å². The molecule has 1 amide bonds. The molecule has 0 bridgehead atoms. The molecule has 7 nitrogen and oxygen atoms in total. The van der Waals surface area contributed by atoms with Gasteiger partial charge in [-0.05, 0) is 39.1 Å². The van der Waals surface area contributed by atoms with Gasteiger partial charge in [-0.15, -0.1) is 10.2 Å². The summed E-state index contributed by atoms with van der Waals surface area (Å²) in [6, 6.07) is 10.0. The first kappa shape index (κ1) is 19.4. The van der Waals surface area contributed by atoms with Gasteiger partial charge in [0.25, 0.3) is 0 Å². The number of hydrogen-bond donors (Lipinski definition) is 0. The van der Waals surface area contributed by atoms with Crippen molar-refractivity contribution in [3.8, 4) is 0 Å². The lowest BCUT2D eigenvalue weighted by Crippen LogP contribution is -2.44. The van der Waals surface area contributed by atoms with Crippen molar-refractivity contribution in [3.63, 3.8) is 0 Å². The molecular formula is C20H30N6O. The second-order valence-corrected chi connectivity index (χ2v) is 7.64. The van der Waals surface area contributed by atoms with Crippen molar-refractivity contribution in [2.75, 3.05) is 45.7 Å². The minimum Gasteiger partial charge on any atom is -0.365 e. The zero-order chi connectivity index (χ0) is 19.4. The third-order valence-electron chi connectivity index (χ3n) is 5.17. The molecule has 0 saturated carbocycles. The van der Waals surface area contributed by atoms with Crippen LogP contribution >= 0.6 is 0 Å². The molecule has 27 heavy (non-hydrogen) atoms. The van der Waals surface area contributed by atoms with Gasteiger partial charge in [0.15, 0.2) is 0 Å². The van der Waals surface area contributed by atoms with Crippen molar-refractivity contribution in [3.05, 3.63) is 42.0 Å². The van der Waals surface area contributed by atoms with Gasteiger partial charge in [-0.1, -0.05) is 18.2 Å². The highest BCUT2D eigenvalue weighted by molar-refractivity contribution is 5.81. The molecule has 1 fully saturated rings. The van der Waals surface area contributed by atoms with Gasteiger partial charge in [-0.3, -0.25) is 4.79 Å². The van der Waals surface area contributed by atoms with Gasteiger partial charge < -0.3 is 19.3 Å². The quantitative estimate of drug-likeness (QED) is 0.775. The Kier molecular flexibility index (Phi) is 6.11. The van der Waals surface area contributed by atoms with Crippen LogP contribution in [0.5, 0.6) is 0 Å². The third-order valence-corrected chi connectivity index (χ3v) is 5.17. The second-order valence-electron chi connectivity index (χ2n) is 7.64. The number of para-hydroxylation sites is 1. The minimum atomic E-state index is 0.168. The van der Waals surface area contributed by atoms with E-state index in [2.05, 4.69) is 19.7 Å². The fraction of sp³-hybridized carbons (Fsp3) is 0.550. The third kappa shape index (κ3) is 4.66. The molecule has 146 valence electrons. The Morgan fingerprint density at radius 2 is 1.93 bits per heavy atom. The second kappa shape index (κ2) is 8.52. The fourth-order valence-electron chi connectivity index (χ4n) is 3.64. The van der Waals surface area contributed by atoms with Crippen LogP contribution in [-0.4, -0.2) is 71.2 Å². The molecule has 0 N–H and O–H groups in total. The molecule has 2 heterocycles. The number of piperidine rings is 1. The summed E-state index contributed by atoms with van der Waals surface area (Å²) < 4.78 is 2.09. The van der Waals surface area contributed by atoms with E-state index in [0.717, 1.165) is 49.8 Å². The van der Waals surface area contributed by atoms with Crippen LogP contribution in [0.3, 0.4) is 0 Å². The van der Waals surface area contributed by atoms with Gasteiger partial charge in [0.05, 0.1) is 13.1 Å². The first-order valence-corrected chi connectivity index (χ1v) is 9.52. The number of aromatic nitrogens is 3. The maximum Gasteiger partial charge on any atom is 0.242 e. The molecule has 1 aliphatic rings. The van der Waals surface area contributed by atoms with Crippen LogP contribution in [0.25, 0.3) is 0 Å². The lowest BCUT2D eigenvalue weighted by molar-refractivity contribution is -0.130. The van der Waals surface area contributed by atoms with Crippen molar-refractivity contribution in [2.45, 2.75) is 25.3 Å². The minimum absolute atomic E-state index is 0.168. The van der Waals surface area contributed by atoms with Crippen LogP contribution in [0.1, 0.15) is 30.4 Å². The highest BCUT2D eigenvalue weighted by Gasteiger charge is 2.28. The van der Waals surface area contributed by atoms with Crippen molar-refractivity contribution in [1.29, 1.82) is 0 Å². The smallest absolute Gasteiger partial charge is 0.242 e. The predicted octanol–water partition coefficient (Wildman–Crippen LogP) is 1.72. The van der Waals surface area contributed by atoms with Crippen LogP contribution < -0.4 is 4.90 Å². The van der Waals surface area contributed by atoms with E-state index in [4.69, 9.17) is 0 Å². The van der Waals surface area contributed by atoms with Crippen LogP contribution in [0.15, 0.2) is 30.3 Å². The Hall–Kier alpha value is -2.41. The lowest BCUT2D eigenvalue weighted by atomic mass is 9.97. The highest BCUT2D eigenvalue weighted by atomic mass is 16.2. The zero-order valence-electron chi connectivity index (χ0n) is 16.8. The number of anilines is 1. The highest BCUT2D eigenvalue weighted by Crippen LogP contribution is 2.26. The van der Waals surface area contributed by atoms with Crippen molar-refractivity contribution >= 4 is 11.6 Å². The molecule has 7 heteroatoms. The average molecular weight is 371 g/mol. The standard InChI is InChI=1S/C20H30N6O/c1-23(2)14-18-21-22-20(25(18)4)16-9-8-12-26(13-16)19(27)15-24(3)17-10-6-5-7-11-17/h5-7,10-11,16H,8-9,12-15H2,1-4H3/t16-/m1/s1. The van der Waals surface area contributed by atoms with Crippen molar-refractivity contribution < 1.29 is 4.79 Å². The summed E-state index contributed by atoms with van der Waals surface area (Å²) in [6.07, 6.45) is 2.05. The summed E-state index contributed by atoms with van der Waals surface area (Å²) in [4.78, 5) is 18.9. The fourth-order valence-corrected chi connectivity index (χ4v) is 3.64. The molecule has 3 rings (SSSR count). The topological polar surface area (TPSA) is 57.5 Å². The van der Waals surface area contributed by atoms with Gasteiger partial charge in [0.1, 0.15) is 11.6 Å². The maximum atomic E-state index is 12.8. The number of hydrogen-bond acceptors (Lipinski definition) is 5. The molecule has 1 aromatic carbocycles. The van der Waals surface area contributed by atoms with Crippen LogP contribution in [-0.2, 0) is 18.4 Å². The van der Waals surface area contributed by atoms with Gasteiger partial charge >= 0.3 is 0 Å². The Bertz CT molecular complexity index is 757. The van der Waals surface area contributed by atoms with E-state index >= 15 is 0 Å². The van der Waals surface area contributed by atoms with Crippen molar-refractivity contribution in [2.24, 2.45) is 7.05 Å². The lowest BCUT2D eigenvalue weighted by Gasteiger charge is -2.33. The molecule has 2 aromatic rings. The summed E-state index contributed by atoms with van der Waals surface area (Å²) in [6.45, 7) is 2.69. The summed E-state index contributed by atoms with van der Waals surface area (Å²) >= 11 is 0. The van der Waals surface area contributed by atoms with Gasteiger partial charge in [-0.2, -0.15) is 0 Å². The Morgan fingerprint density at radius 1 is 1.19 bits per heavy atom. The van der Waals surface area contributed by atoms with Crippen LogP contribution in [0.2, 0.25) is 0 Å². The normalized spacial score (nSPS) is 17.4. The molecule has 1 saturated heterocycles. The van der Waals surface area contributed by atoms with Crippen LogP contribution in [0, 0.1) is 0 Å². The summed E-state index contributed by atoms with van der Waals surface area (Å²) in [5, 5.41) is 8.78. The summed E-state index contributed by atoms with van der Waals surface area (Å²) in [7, 11) is 8.04. The average Bonchev–Trinajstić information content (AvgIpc) is 3.02. The summed E-state index contributed by atoms with van der Waals surface area (Å²) in [5.74, 6) is 2.36. The SMILES string of the molecule is CN(C)Cc1nnc([C@@H]2CCCN(C(=O)CN(C)c3ccccc3)C2)n1C. The molecule has 0 spiro atoms. The maximum absolute atomic E-state index is 12.8. The summed E-state index contributed by atoms with van der Waals surface area (Å²) in [5.41, 5.74) is 1.06. The van der Waals surface area contributed by atoms with E-state index < -0.39 is 0 Å². The van der Waals surface area contributed by atoms with E-state index in [1.807, 2.05) is 68.3 Å². The number of likely N-dealkylation sites (N-methyl/N-ethyl adjacent to an activating group) is 1. The molecule has 0 unspecified atom stereocenters. The first-order valence-electron chi connectivity index (χ1n) is 9.52. The predicted molar refractivity (Wildman–Crippen MR) is 107 cm³/mol. The Morgan fingerprint density at radius 3 is 2.63 bits per heavy atom. The van der Waals surface area contributed by atoms with E-state index in [1.54, 1.807) is 0 Å². The molecule has 0 radical (unpaired) electrons. The number of benzene rings is 1. The first-order chi connectivity index (χ1) is 13.0. The Balaban J connectivity index is 1.64. The molecule has 0 aliphatic carbocycles. The van der Waals surface area contributed by atoms with Gasteiger partial charge in [0.2, 0.25) is 5.91 Å².